The zero-order chi connectivity index (χ0) is 15.6. The fourth-order valence-electron chi connectivity index (χ4n) is 2.75. The van der Waals surface area contributed by atoms with Crippen LogP contribution in [0.15, 0.2) is 51.9 Å². The molecule has 1 aliphatic heterocycles. The van der Waals surface area contributed by atoms with E-state index in [1.807, 2.05) is 18.2 Å². The van der Waals surface area contributed by atoms with E-state index >= 15 is 0 Å². The number of pyridine rings is 1. The first-order chi connectivity index (χ1) is 11.3. The molecule has 0 aromatic carbocycles. The van der Waals surface area contributed by atoms with Crippen molar-refractivity contribution in [2.45, 2.75) is 25.4 Å². The Morgan fingerprint density at radius 1 is 1.26 bits per heavy atom. The Kier molecular flexibility index (Phi) is 3.38. The summed E-state index contributed by atoms with van der Waals surface area (Å²) in [5, 5.41) is 4.01. The number of nitrogens with zero attached hydrogens (tertiary/aromatic N) is 4. The van der Waals surface area contributed by atoms with Crippen molar-refractivity contribution in [2.24, 2.45) is 0 Å². The van der Waals surface area contributed by atoms with Gasteiger partial charge in [-0.15, -0.1) is 0 Å². The lowest BCUT2D eigenvalue weighted by Gasteiger charge is -2.20. The molecular weight excluding hydrogens is 296 g/mol. The van der Waals surface area contributed by atoms with Gasteiger partial charge in [0.05, 0.1) is 12.8 Å². The molecule has 1 fully saturated rings. The standard InChI is InChI=1S/C16H14N4O3/c21-14-4-3-13(20(14)10-12-2-1-9-22-12)16-18-15(19-23-16)11-5-7-17-8-6-11/h1-2,5-9,13H,3-4,10H2/t13-/m1/s1. The number of carbonyl (C=O) groups excluding carboxylic acids is 1. The first-order valence-corrected chi connectivity index (χ1v) is 7.37. The van der Waals surface area contributed by atoms with E-state index in [2.05, 4.69) is 15.1 Å². The Balaban J connectivity index is 1.59. The van der Waals surface area contributed by atoms with Crippen LogP contribution in [0.4, 0.5) is 0 Å². The van der Waals surface area contributed by atoms with Crippen molar-refractivity contribution in [3.63, 3.8) is 0 Å². The van der Waals surface area contributed by atoms with Gasteiger partial charge in [0.2, 0.25) is 17.6 Å². The molecule has 116 valence electrons. The summed E-state index contributed by atoms with van der Waals surface area (Å²) in [5.41, 5.74) is 0.830. The van der Waals surface area contributed by atoms with E-state index in [0.29, 0.717) is 31.1 Å². The van der Waals surface area contributed by atoms with Gasteiger partial charge in [0.25, 0.3) is 0 Å². The van der Waals surface area contributed by atoms with Crippen LogP contribution in [0.3, 0.4) is 0 Å². The topological polar surface area (TPSA) is 85.3 Å². The van der Waals surface area contributed by atoms with Crippen LogP contribution >= 0.6 is 0 Å². The first-order valence-electron chi connectivity index (χ1n) is 7.37. The van der Waals surface area contributed by atoms with E-state index in [1.165, 1.54) is 0 Å². The predicted octanol–water partition coefficient (Wildman–Crippen LogP) is 2.59. The zero-order valence-electron chi connectivity index (χ0n) is 12.3. The molecule has 7 heteroatoms. The molecule has 0 bridgehead atoms. The molecule has 0 aliphatic carbocycles. The molecule has 3 aromatic heterocycles. The normalized spacial score (nSPS) is 17.8. The second-order valence-electron chi connectivity index (χ2n) is 5.35. The van der Waals surface area contributed by atoms with Crippen LogP contribution in [0.1, 0.15) is 30.5 Å². The van der Waals surface area contributed by atoms with E-state index in [4.69, 9.17) is 8.94 Å². The molecule has 0 saturated carbocycles. The van der Waals surface area contributed by atoms with Gasteiger partial charge in [-0.3, -0.25) is 9.78 Å². The number of amides is 1. The van der Waals surface area contributed by atoms with Gasteiger partial charge in [-0.25, -0.2) is 0 Å². The largest absolute Gasteiger partial charge is 0.467 e. The molecule has 4 heterocycles. The summed E-state index contributed by atoms with van der Waals surface area (Å²) in [7, 11) is 0. The van der Waals surface area contributed by atoms with E-state index in [0.717, 1.165) is 11.3 Å². The van der Waals surface area contributed by atoms with Gasteiger partial charge in [-0.05, 0) is 30.7 Å². The summed E-state index contributed by atoms with van der Waals surface area (Å²) in [6.45, 7) is 0.406. The smallest absolute Gasteiger partial charge is 0.249 e. The van der Waals surface area contributed by atoms with Crippen LogP contribution in [0.5, 0.6) is 0 Å². The van der Waals surface area contributed by atoms with Crippen LogP contribution in [0.25, 0.3) is 11.4 Å². The zero-order valence-corrected chi connectivity index (χ0v) is 12.3. The number of likely N-dealkylation sites (tertiary alicyclic amines) is 1. The Morgan fingerprint density at radius 3 is 2.91 bits per heavy atom. The van der Waals surface area contributed by atoms with Crippen molar-refractivity contribution in [3.8, 4) is 11.4 Å². The Hall–Kier alpha value is -2.96. The van der Waals surface area contributed by atoms with E-state index in [-0.39, 0.29) is 11.9 Å². The maximum Gasteiger partial charge on any atom is 0.249 e. The lowest BCUT2D eigenvalue weighted by Crippen LogP contribution is -2.27. The fraction of sp³-hybridized carbons (Fsp3) is 0.250. The number of carbonyl (C=O) groups is 1. The van der Waals surface area contributed by atoms with E-state index < -0.39 is 0 Å². The Labute approximate surface area is 131 Å². The third-order valence-electron chi connectivity index (χ3n) is 3.90. The van der Waals surface area contributed by atoms with Crippen molar-refractivity contribution in [2.75, 3.05) is 0 Å². The highest BCUT2D eigenvalue weighted by Crippen LogP contribution is 2.34. The van der Waals surface area contributed by atoms with Crippen molar-refractivity contribution >= 4 is 5.91 Å². The van der Waals surface area contributed by atoms with Crippen molar-refractivity contribution in [1.82, 2.24) is 20.0 Å². The maximum atomic E-state index is 12.1. The van der Waals surface area contributed by atoms with Crippen LogP contribution in [0, 0.1) is 0 Å². The summed E-state index contributed by atoms with van der Waals surface area (Å²) in [4.78, 5) is 22.3. The number of hydrogen-bond acceptors (Lipinski definition) is 6. The molecule has 0 spiro atoms. The minimum atomic E-state index is -0.212. The van der Waals surface area contributed by atoms with Gasteiger partial charge in [0.15, 0.2) is 0 Å². The number of rotatable bonds is 4. The monoisotopic (exact) mass is 310 g/mol. The van der Waals surface area contributed by atoms with Crippen molar-refractivity contribution < 1.29 is 13.7 Å². The molecule has 1 amide bonds. The Bertz CT molecular complexity index is 798. The molecule has 7 nitrogen and oxygen atoms in total. The molecule has 1 atom stereocenters. The third-order valence-corrected chi connectivity index (χ3v) is 3.90. The predicted molar refractivity (Wildman–Crippen MR) is 78.8 cm³/mol. The van der Waals surface area contributed by atoms with E-state index in [9.17, 15) is 4.79 Å². The van der Waals surface area contributed by atoms with Gasteiger partial charge in [-0.1, -0.05) is 5.16 Å². The fourth-order valence-corrected chi connectivity index (χ4v) is 2.75. The van der Waals surface area contributed by atoms with Crippen LogP contribution in [-0.2, 0) is 11.3 Å². The quantitative estimate of drug-likeness (QED) is 0.736. The first kappa shape index (κ1) is 13.7. The van der Waals surface area contributed by atoms with Gasteiger partial charge in [0, 0.05) is 24.4 Å². The maximum absolute atomic E-state index is 12.1. The molecule has 23 heavy (non-hydrogen) atoms. The molecule has 0 N–H and O–H groups in total. The van der Waals surface area contributed by atoms with Crippen molar-refractivity contribution in [1.29, 1.82) is 0 Å². The molecule has 4 rings (SSSR count). The molecule has 1 saturated heterocycles. The summed E-state index contributed by atoms with van der Waals surface area (Å²) in [6.07, 6.45) is 6.08. The summed E-state index contributed by atoms with van der Waals surface area (Å²) in [5.74, 6) is 1.75. The lowest BCUT2D eigenvalue weighted by molar-refractivity contribution is -0.130. The minimum absolute atomic E-state index is 0.0649. The molecular formula is C16H14N4O3. The second-order valence-corrected chi connectivity index (χ2v) is 5.35. The summed E-state index contributed by atoms with van der Waals surface area (Å²) in [6, 6.07) is 7.07. The minimum Gasteiger partial charge on any atom is -0.467 e. The van der Waals surface area contributed by atoms with E-state index in [1.54, 1.807) is 29.6 Å². The van der Waals surface area contributed by atoms with Crippen LogP contribution < -0.4 is 0 Å². The van der Waals surface area contributed by atoms with Gasteiger partial charge in [-0.2, -0.15) is 4.98 Å². The number of furan rings is 1. The van der Waals surface area contributed by atoms with Crippen molar-refractivity contribution in [3.05, 3.63) is 54.6 Å². The third kappa shape index (κ3) is 2.61. The Morgan fingerprint density at radius 2 is 2.13 bits per heavy atom. The highest BCUT2D eigenvalue weighted by molar-refractivity contribution is 5.78. The highest BCUT2D eigenvalue weighted by atomic mass is 16.5. The average Bonchev–Trinajstić information content (AvgIpc) is 3.31. The highest BCUT2D eigenvalue weighted by Gasteiger charge is 2.36. The number of hydrogen-bond donors (Lipinski definition) is 0. The molecule has 1 aliphatic rings. The SMILES string of the molecule is O=C1CC[C@H](c2nc(-c3ccncc3)no2)N1Cc1ccco1. The molecule has 0 radical (unpaired) electrons. The summed E-state index contributed by atoms with van der Waals surface area (Å²) >= 11 is 0. The average molecular weight is 310 g/mol. The van der Waals surface area contributed by atoms with Crippen LogP contribution in [0.2, 0.25) is 0 Å². The second kappa shape index (κ2) is 5.68. The molecule has 0 unspecified atom stereocenters. The van der Waals surface area contributed by atoms with Gasteiger partial charge >= 0.3 is 0 Å². The number of aromatic nitrogens is 3. The molecule has 3 aromatic rings. The summed E-state index contributed by atoms with van der Waals surface area (Å²) < 4.78 is 10.7. The van der Waals surface area contributed by atoms with Gasteiger partial charge < -0.3 is 13.8 Å². The van der Waals surface area contributed by atoms with Gasteiger partial charge in [0.1, 0.15) is 11.8 Å². The lowest BCUT2D eigenvalue weighted by atomic mass is 10.2. The van der Waals surface area contributed by atoms with Crippen LogP contribution in [-0.4, -0.2) is 25.9 Å².